The van der Waals surface area contributed by atoms with E-state index in [1.807, 2.05) is 36.4 Å². The molecular formula is C26H25N3O2S. The number of benzene rings is 3. The highest BCUT2D eigenvalue weighted by atomic mass is 32.1. The topological polar surface area (TPSA) is 71.1 Å². The first-order valence-corrected chi connectivity index (χ1v) is 11.8. The highest BCUT2D eigenvalue weighted by molar-refractivity contribution is 7.18. The van der Waals surface area contributed by atoms with Gasteiger partial charge in [0, 0.05) is 18.4 Å². The predicted molar refractivity (Wildman–Crippen MR) is 128 cm³/mol. The van der Waals surface area contributed by atoms with E-state index in [2.05, 4.69) is 45.9 Å². The molecule has 1 aliphatic rings. The number of thiazole rings is 1. The molecular weight excluding hydrogens is 418 g/mol. The Morgan fingerprint density at radius 3 is 2.72 bits per heavy atom. The highest BCUT2D eigenvalue weighted by Gasteiger charge is 2.38. The number of fused-ring (bicyclic) bond motifs is 2. The standard InChI is InChI=1S/C26H25N3O2S/c30-23(27-17-25-28-21-10-3-4-11-22(21)32-25)12-14-26(15-13-24(31)29-26)16-19-8-5-7-18-6-1-2-9-20(18)19/h1-11H,12-17H2,(H,27,30)(H,29,31)/t26-/m1/s1. The van der Waals surface area contributed by atoms with Crippen molar-refractivity contribution < 1.29 is 9.59 Å². The van der Waals surface area contributed by atoms with E-state index in [1.165, 1.54) is 16.3 Å². The maximum atomic E-state index is 12.6. The molecule has 0 radical (unpaired) electrons. The molecule has 0 aliphatic carbocycles. The molecule has 32 heavy (non-hydrogen) atoms. The second-order valence-corrected chi connectivity index (χ2v) is 9.61. The van der Waals surface area contributed by atoms with Crippen molar-refractivity contribution in [3.8, 4) is 0 Å². The zero-order valence-electron chi connectivity index (χ0n) is 17.8. The zero-order valence-corrected chi connectivity index (χ0v) is 18.6. The number of hydrogen-bond acceptors (Lipinski definition) is 4. The quantitative estimate of drug-likeness (QED) is 0.433. The summed E-state index contributed by atoms with van der Waals surface area (Å²) in [4.78, 5) is 29.3. The molecule has 4 aromatic rings. The molecule has 1 aromatic heterocycles. The third kappa shape index (κ3) is 4.36. The van der Waals surface area contributed by atoms with Gasteiger partial charge in [0.05, 0.1) is 16.8 Å². The van der Waals surface area contributed by atoms with E-state index in [1.54, 1.807) is 11.3 Å². The van der Waals surface area contributed by atoms with Gasteiger partial charge in [0.25, 0.3) is 0 Å². The summed E-state index contributed by atoms with van der Waals surface area (Å²) in [5.74, 6) is 0.0582. The number of hydrogen-bond donors (Lipinski definition) is 2. The number of nitrogens with one attached hydrogen (secondary N) is 2. The average molecular weight is 444 g/mol. The molecule has 2 amide bonds. The Morgan fingerprint density at radius 1 is 1.06 bits per heavy atom. The van der Waals surface area contributed by atoms with Crippen LogP contribution in [-0.4, -0.2) is 22.3 Å². The summed E-state index contributed by atoms with van der Waals surface area (Å²) < 4.78 is 1.12. The van der Waals surface area contributed by atoms with Gasteiger partial charge >= 0.3 is 0 Å². The van der Waals surface area contributed by atoms with Gasteiger partial charge in [-0.3, -0.25) is 9.59 Å². The van der Waals surface area contributed by atoms with Crippen molar-refractivity contribution in [3.63, 3.8) is 0 Å². The molecule has 0 unspecified atom stereocenters. The fraction of sp³-hybridized carbons (Fsp3) is 0.269. The van der Waals surface area contributed by atoms with Gasteiger partial charge in [0.2, 0.25) is 11.8 Å². The largest absolute Gasteiger partial charge is 0.350 e. The lowest BCUT2D eigenvalue weighted by atomic mass is 9.83. The summed E-state index contributed by atoms with van der Waals surface area (Å²) in [7, 11) is 0. The maximum Gasteiger partial charge on any atom is 0.220 e. The average Bonchev–Trinajstić information content (AvgIpc) is 3.40. The molecule has 5 nitrogen and oxygen atoms in total. The summed E-state index contributed by atoms with van der Waals surface area (Å²) in [6.45, 7) is 0.431. The van der Waals surface area contributed by atoms with Crippen LogP contribution in [0.4, 0.5) is 0 Å². The van der Waals surface area contributed by atoms with E-state index in [9.17, 15) is 9.59 Å². The van der Waals surface area contributed by atoms with Crippen molar-refractivity contribution in [3.05, 3.63) is 77.3 Å². The van der Waals surface area contributed by atoms with Crippen LogP contribution < -0.4 is 10.6 Å². The summed E-state index contributed by atoms with van der Waals surface area (Å²) in [5, 5.41) is 9.50. The molecule has 1 fully saturated rings. The van der Waals surface area contributed by atoms with Crippen molar-refractivity contribution in [2.75, 3.05) is 0 Å². The maximum absolute atomic E-state index is 12.6. The Morgan fingerprint density at radius 2 is 1.88 bits per heavy atom. The van der Waals surface area contributed by atoms with Gasteiger partial charge in [0.1, 0.15) is 5.01 Å². The van der Waals surface area contributed by atoms with E-state index < -0.39 is 0 Å². The molecule has 5 rings (SSSR count). The number of para-hydroxylation sites is 1. The van der Waals surface area contributed by atoms with Gasteiger partial charge < -0.3 is 10.6 Å². The van der Waals surface area contributed by atoms with Crippen molar-refractivity contribution in [2.45, 2.75) is 44.2 Å². The second kappa shape index (κ2) is 8.71. The summed E-state index contributed by atoms with van der Waals surface area (Å²) in [6.07, 6.45) is 2.98. The fourth-order valence-corrected chi connectivity index (χ4v) is 5.51. The lowest BCUT2D eigenvalue weighted by Gasteiger charge is -2.30. The fourth-order valence-electron chi connectivity index (χ4n) is 4.60. The van der Waals surface area contributed by atoms with E-state index in [-0.39, 0.29) is 17.4 Å². The van der Waals surface area contributed by atoms with Crippen LogP contribution in [-0.2, 0) is 22.6 Å². The van der Waals surface area contributed by atoms with E-state index in [0.717, 1.165) is 28.1 Å². The van der Waals surface area contributed by atoms with Crippen LogP contribution >= 0.6 is 11.3 Å². The Labute approximate surface area is 190 Å². The number of carbonyl (C=O) groups excluding carboxylic acids is 2. The molecule has 2 N–H and O–H groups in total. The van der Waals surface area contributed by atoms with Gasteiger partial charge in [-0.15, -0.1) is 11.3 Å². The Bertz CT molecular complexity index is 1260. The molecule has 0 spiro atoms. The molecule has 162 valence electrons. The minimum Gasteiger partial charge on any atom is -0.350 e. The Kier molecular flexibility index (Phi) is 5.62. The van der Waals surface area contributed by atoms with E-state index in [4.69, 9.17) is 0 Å². The first-order valence-electron chi connectivity index (χ1n) is 11.0. The Hall–Kier alpha value is -3.25. The van der Waals surface area contributed by atoms with Gasteiger partial charge in [-0.25, -0.2) is 4.98 Å². The van der Waals surface area contributed by atoms with E-state index in [0.29, 0.717) is 25.8 Å². The van der Waals surface area contributed by atoms with Crippen molar-refractivity contribution in [1.29, 1.82) is 0 Å². The summed E-state index contributed by atoms with van der Waals surface area (Å²) >= 11 is 1.60. The van der Waals surface area contributed by atoms with Crippen LogP contribution in [0.1, 0.15) is 36.3 Å². The number of rotatable bonds is 7. The minimum atomic E-state index is -0.381. The minimum absolute atomic E-state index is 0.0114. The van der Waals surface area contributed by atoms with Crippen LogP contribution in [0.3, 0.4) is 0 Å². The third-order valence-electron chi connectivity index (χ3n) is 6.25. The van der Waals surface area contributed by atoms with Crippen LogP contribution in [0.2, 0.25) is 0 Å². The van der Waals surface area contributed by atoms with Crippen molar-refractivity contribution in [2.24, 2.45) is 0 Å². The molecule has 0 bridgehead atoms. The van der Waals surface area contributed by atoms with Gasteiger partial charge in [0.15, 0.2) is 0 Å². The van der Waals surface area contributed by atoms with Crippen LogP contribution in [0.25, 0.3) is 21.0 Å². The van der Waals surface area contributed by atoms with Crippen LogP contribution in [0, 0.1) is 0 Å². The molecule has 0 saturated carbocycles. The lowest BCUT2D eigenvalue weighted by Crippen LogP contribution is -2.44. The molecule has 2 heterocycles. The number of aromatic nitrogens is 1. The lowest BCUT2D eigenvalue weighted by molar-refractivity contribution is -0.122. The molecule has 1 aliphatic heterocycles. The normalized spacial score (nSPS) is 18.2. The van der Waals surface area contributed by atoms with Gasteiger partial charge in [-0.05, 0) is 47.7 Å². The first kappa shape index (κ1) is 20.6. The monoisotopic (exact) mass is 443 g/mol. The van der Waals surface area contributed by atoms with Gasteiger partial charge in [-0.2, -0.15) is 0 Å². The predicted octanol–water partition coefficient (Wildman–Crippen LogP) is 4.74. The Balaban J connectivity index is 1.25. The smallest absolute Gasteiger partial charge is 0.220 e. The second-order valence-electron chi connectivity index (χ2n) is 8.50. The van der Waals surface area contributed by atoms with Gasteiger partial charge in [-0.1, -0.05) is 54.6 Å². The summed E-state index contributed by atoms with van der Waals surface area (Å²) in [5.41, 5.74) is 1.79. The van der Waals surface area contributed by atoms with Crippen LogP contribution in [0.15, 0.2) is 66.7 Å². The van der Waals surface area contributed by atoms with E-state index >= 15 is 0 Å². The number of carbonyl (C=O) groups is 2. The number of amides is 2. The molecule has 1 atom stereocenters. The van der Waals surface area contributed by atoms with Crippen molar-refractivity contribution >= 4 is 44.1 Å². The number of nitrogens with zero attached hydrogens (tertiary/aromatic N) is 1. The zero-order chi connectivity index (χ0) is 22.0. The third-order valence-corrected chi connectivity index (χ3v) is 7.29. The SMILES string of the molecule is O=C(CC[C@]1(Cc2cccc3ccccc23)CCC(=O)N1)NCc1nc2ccccc2s1. The molecule has 3 aromatic carbocycles. The highest BCUT2D eigenvalue weighted by Crippen LogP contribution is 2.32. The molecule has 1 saturated heterocycles. The first-order chi connectivity index (χ1) is 15.6. The van der Waals surface area contributed by atoms with Crippen LogP contribution in [0.5, 0.6) is 0 Å². The summed E-state index contributed by atoms with van der Waals surface area (Å²) in [6, 6.07) is 22.6. The molecule has 6 heteroatoms. The van der Waals surface area contributed by atoms with Crippen molar-refractivity contribution in [1.82, 2.24) is 15.6 Å².